The molecule has 180 valence electrons. The number of ether oxygens (including phenoxy) is 1. The minimum atomic E-state index is -3.63. The largest absolute Gasteiger partial charge is 0.497 e. The lowest BCUT2D eigenvalue weighted by Gasteiger charge is -2.31. The van der Waals surface area contributed by atoms with E-state index in [9.17, 15) is 13.2 Å². The van der Waals surface area contributed by atoms with Gasteiger partial charge in [-0.15, -0.1) is 10.2 Å². The molecule has 34 heavy (non-hydrogen) atoms. The predicted octanol–water partition coefficient (Wildman–Crippen LogP) is 4.70. The van der Waals surface area contributed by atoms with E-state index in [4.69, 9.17) is 27.9 Å². The van der Waals surface area contributed by atoms with Crippen molar-refractivity contribution in [2.45, 2.75) is 18.6 Å². The van der Waals surface area contributed by atoms with E-state index in [1.54, 1.807) is 25.3 Å². The number of benzene rings is 2. The fraction of sp³-hybridized carbons (Fsp3) is 0.318. The van der Waals surface area contributed by atoms with Crippen molar-refractivity contribution in [3.63, 3.8) is 0 Å². The Kier molecular flexibility index (Phi) is 7.73. The van der Waals surface area contributed by atoms with Crippen molar-refractivity contribution in [3.05, 3.63) is 58.1 Å². The van der Waals surface area contributed by atoms with E-state index in [2.05, 4.69) is 15.5 Å². The van der Waals surface area contributed by atoms with Crippen molar-refractivity contribution in [2.24, 2.45) is 5.92 Å². The maximum absolute atomic E-state index is 13.0. The molecule has 4 rings (SSSR count). The number of nitrogens with zero attached hydrogens (tertiary/aromatic N) is 3. The highest BCUT2D eigenvalue weighted by Crippen LogP contribution is 2.29. The molecule has 0 spiro atoms. The Morgan fingerprint density at radius 1 is 1.18 bits per heavy atom. The number of methoxy groups -OCH3 is 1. The third-order valence-electron chi connectivity index (χ3n) is 5.47. The van der Waals surface area contributed by atoms with Gasteiger partial charge < -0.3 is 10.1 Å². The van der Waals surface area contributed by atoms with Crippen molar-refractivity contribution < 1.29 is 17.9 Å². The first-order chi connectivity index (χ1) is 16.2. The van der Waals surface area contributed by atoms with E-state index < -0.39 is 15.9 Å². The maximum Gasteiger partial charge on any atom is 0.230 e. The monoisotopic (exact) mass is 540 g/mol. The fourth-order valence-electron chi connectivity index (χ4n) is 3.67. The van der Waals surface area contributed by atoms with E-state index in [1.807, 2.05) is 24.3 Å². The number of amides is 1. The molecule has 1 fully saturated rings. The molecule has 1 N–H and O–H groups in total. The normalized spacial score (nSPS) is 16.9. The summed E-state index contributed by atoms with van der Waals surface area (Å²) in [5.41, 5.74) is 1.40. The zero-order valence-electron chi connectivity index (χ0n) is 18.2. The van der Waals surface area contributed by atoms with Crippen LogP contribution in [0.3, 0.4) is 0 Å². The summed E-state index contributed by atoms with van der Waals surface area (Å²) in [7, 11) is -2.03. The Labute approximate surface area is 211 Å². The molecule has 0 aliphatic carbocycles. The van der Waals surface area contributed by atoms with Crippen LogP contribution in [0.4, 0.5) is 5.13 Å². The first kappa shape index (κ1) is 24.9. The number of sulfonamides is 1. The third-order valence-corrected chi connectivity index (χ3v) is 8.92. The molecule has 1 aromatic heterocycles. The summed E-state index contributed by atoms with van der Waals surface area (Å²) in [6.45, 7) is 0.480. The van der Waals surface area contributed by atoms with Crippen LogP contribution in [0.2, 0.25) is 10.0 Å². The summed E-state index contributed by atoms with van der Waals surface area (Å²) < 4.78 is 32.5. The number of piperidine rings is 1. The lowest BCUT2D eigenvalue weighted by molar-refractivity contribution is -0.120. The Balaban J connectivity index is 1.39. The number of hydrogen-bond donors (Lipinski definition) is 1. The summed E-state index contributed by atoms with van der Waals surface area (Å²) in [5.74, 6) is -0.227. The Hall–Kier alpha value is -2.24. The molecule has 1 atom stereocenters. The minimum Gasteiger partial charge on any atom is -0.497 e. The average Bonchev–Trinajstić information content (AvgIpc) is 3.30. The Morgan fingerprint density at radius 2 is 1.94 bits per heavy atom. The minimum absolute atomic E-state index is 0.111. The Morgan fingerprint density at radius 3 is 2.65 bits per heavy atom. The van der Waals surface area contributed by atoms with Gasteiger partial charge in [0, 0.05) is 18.7 Å². The SMILES string of the molecule is COc1ccc(-c2nnc(NC(=O)C3CCCN(S(=O)(=O)Cc4ccc(Cl)c(Cl)c4)C3)s2)cc1. The number of nitrogens with one attached hydrogen (secondary N) is 1. The second-order valence-corrected chi connectivity index (χ2v) is 11.6. The highest BCUT2D eigenvalue weighted by Gasteiger charge is 2.33. The van der Waals surface area contributed by atoms with Gasteiger partial charge in [-0.25, -0.2) is 12.7 Å². The number of carbonyl (C=O) groups excluding carboxylic acids is 1. The summed E-state index contributed by atoms with van der Waals surface area (Å²) >= 11 is 13.2. The van der Waals surface area contributed by atoms with Crippen molar-refractivity contribution >= 4 is 55.6 Å². The van der Waals surface area contributed by atoms with E-state index in [0.717, 1.165) is 11.3 Å². The van der Waals surface area contributed by atoms with Gasteiger partial charge in [0.05, 0.1) is 28.8 Å². The summed E-state index contributed by atoms with van der Waals surface area (Å²) in [6, 6.07) is 12.1. The van der Waals surface area contributed by atoms with Crippen LogP contribution in [0.1, 0.15) is 18.4 Å². The molecule has 1 aliphatic heterocycles. The van der Waals surface area contributed by atoms with Crippen LogP contribution in [0, 0.1) is 5.92 Å². The van der Waals surface area contributed by atoms with Crippen molar-refractivity contribution in [1.29, 1.82) is 0 Å². The van der Waals surface area contributed by atoms with Crippen molar-refractivity contribution in [3.8, 4) is 16.3 Å². The molecule has 12 heteroatoms. The smallest absolute Gasteiger partial charge is 0.230 e. The van der Waals surface area contributed by atoms with Crippen LogP contribution in [-0.2, 0) is 20.6 Å². The van der Waals surface area contributed by atoms with Gasteiger partial charge in [-0.05, 0) is 54.8 Å². The number of hydrogen-bond acceptors (Lipinski definition) is 7. The van der Waals surface area contributed by atoms with Crippen LogP contribution in [0.15, 0.2) is 42.5 Å². The maximum atomic E-state index is 13.0. The average molecular weight is 541 g/mol. The number of rotatable bonds is 7. The van der Waals surface area contributed by atoms with Gasteiger partial charge in [0.15, 0.2) is 0 Å². The van der Waals surface area contributed by atoms with E-state index in [0.29, 0.717) is 45.1 Å². The highest BCUT2D eigenvalue weighted by atomic mass is 35.5. The van der Waals surface area contributed by atoms with E-state index in [1.165, 1.54) is 15.6 Å². The summed E-state index contributed by atoms with van der Waals surface area (Å²) in [4.78, 5) is 12.9. The zero-order chi connectivity index (χ0) is 24.3. The van der Waals surface area contributed by atoms with Crippen molar-refractivity contribution in [1.82, 2.24) is 14.5 Å². The lowest BCUT2D eigenvalue weighted by atomic mass is 9.99. The third kappa shape index (κ3) is 5.87. The first-order valence-electron chi connectivity index (χ1n) is 10.5. The summed E-state index contributed by atoms with van der Waals surface area (Å²) in [5, 5.41) is 12.7. The molecule has 3 aromatic rings. The topological polar surface area (TPSA) is 101 Å². The molecular weight excluding hydrogens is 519 g/mol. The standard InChI is InChI=1S/C22H22Cl2N4O4S2/c1-32-17-7-5-15(6-8-17)21-26-27-22(33-21)25-20(29)16-3-2-10-28(12-16)34(30,31)13-14-4-9-18(23)19(24)11-14/h4-9,11,16H,2-3,10,12-13H2,1H3,(H,25,27,29). The van der Waals surface area contributed by atoms with Gasteiger partial charge in [0.25, 0.3) is 0 Å². The molecule has 0 saturated carbocycles. The molecule has 1 amide bonds. The number of carbonyl (C=O) groups is 1. The molecule has 0 radical (unpaired) electrons. The molecule has 8 nitrogen and oxygen atoms in total. The summed E-state index contributed by atoms with van der Waals surface area (Å²) in [6.07, 6.45) is 1.18. The molecule has 1 unspecified atom stereocenters. The van der Waals surface area contributed by atoms with Gasteiger partial charge in [-0.3, -0.25) is 4.79 Å². The second-order valence-electron chi connectivity index (χ2n) is 7.83. The van der Waals surface area contributed by atoms with Crippen LogP contribution >= 0.6 is 34.5 Å². The fourth-order valence-corrected chi connectivity index (χ4v) is 6.34. The van der Waals surface area contributed by atoms with Gasteiger partial charge in [-0.1, -0.05) is 40.6 Å². The second kappa shape index (κ2) is 10.6. The van der Waals surface area contributed by atoms with Crippen LogP contribution in [0.25, 0.3) is 10.6 Å². The first-order valence-corrected chi connectivity index (χ1v) is 13.6. The van der Waals surface area contributed by atoms with Crippen molar-refractivity contribution in [2.75, 3.05) is 25.5 Å². The molecule has 1 saturated heterocycles. The number of anilines is 1. The van der Waals surface area contributed by atoms with Gasteiger partial charge in [0.2, 0.25) is 21.1 Å². The zero-order valence-corrected chi connectivity index (χ0v) is 21.3. The highest BCUT2D eigenvalue weighted by molar-refractivity contribution is 7.88. The Bertz CT molecular complexity index is 1280. The van der Waals surface area contributed by atoms with Crippen LogP contribution in [-0.4, -0.2) is 49.0 Å². The number of aromatic nitrogens is 2. The van der Waals surface area contributed by atoms with E-state index in [-0.39, 0.29) is 18.2 Å². The molecule has 2 aromatic carbocycles. The van der Waals surface area contributed by atoms with Gasteiger partial charge in [-0.2, -0.15) is 0 Å². The van der Waals surface area contributed by atoms with E-state index >= 15 is 0 Å². The number of halogens is 2. The lowest BCUT2D eigenvalue weighted by Crippen LogP contribution is -2.44. The van der Waals surface area contributed by atoms with Gasteiger partial charge >= 0.3 is 0 Å². The van der Waals surface area contributed by atoms with Gasteiger partial charge in [0.1, 0.15) is 10.8 Å². The predicted molar refractivity (Wildman–Crippen MR) is 134 cm³/mol. The molecule has 2 heterocycles. The van der Waals surface area contributed by atoms with Crippen LogP contribution in [0.5, 0.6) is 5.75 Å². The quantitative estimate of drug-likeness (QED) is 0.465. The van der Waals surface area contributed by atoms with Crippen LogP contribution < -0.4 is 10.1 Å². The molecule has 1 aliphatic rings. The molecule has 0 bridgehead atoms. The molecular formula is C22H22Cl2N4O4S2.